The number of benzene rings is 1. The number of hydrogen-bond acceptors (Lipinski definition) is 2. The van der Waals surface area contributed by atoms with Crippen LogP contribution < -0.4 is 4.74 Å². The van der Waals surface area contributed by atoms with Crippen molar-refractivity contribution in [2.24, 2.45) is 7.05 Å². The summed E-state index contributed by atoms with van der Waals surface area (Å²) in [5.41, 5.74) is 2.05. The van der Waals surface area contributed by atoms with Crippen LogP contribution in [0.4, 0.5) is 0 Å². The fourth-order valence-corrected chi connectivity index (χ4v) is 2.22. The van der Waals surface area contributed by atoms with E-state index in [0.717, 1.165) is 27.4 Å². The Morgan fingerprint density at radius 1 is 1.29 bits per heavy atom. The first kappa shape index (κ1) is 12.2. The number of ether oxygens (including phenoxy) is 1. The second-order valence-corrected chi connectivity index (χ2v) is 4.57. The molecular weight excluding hydrogens is 280 g/mol. The summed E-state index contributed by atoms with van der Waals surface area (Å²) >= 11 is 3.56. The van der Waals surface area contributed by atoms with Gasteiger partial charge in [-0.3, -0.25) is 0 Å². The minimum Gasteiger partial charge on any atom is -0.494 e. The molecule has 0 saturated heterocycles. The fraction of sp³-hybridized carbons (Fsp3) is 0.308. The van der Waals surface area contributed by atoms with Crippen LogP contribution in [0.5, 0.6) is 5.75 Å². The van der Waals surface area contributed by atoms with E-state index in [1.165, 1.54) is 0 Å². The van der Waals surface area contributed by atoms with Crippen LogP contribution in [0.3, 0.4) is 0 Å². The minimum absolute atomic E-state index is 0.686. The van der Waals surface area contributed by atoms with Crippen molar-refractivity contribution in [3.05, 3.63) is 34.7 Å². The summed E-state index contributed by atoms with van der Waals surface area (Å²) in [6, 6.07) is 7.99. The van der Waals surface area contributed by atoms with E-state index in [2.05, 4.69) is 20.9 Å². The van der Waals surface area contributed by atoms with E-state index in [-0.39, 0.29) is 0 Å². The molecule has 1 heterocycles. The van der Waals surface area contributed by atoms with Gasteiger partial charge in [0.25, 0.3) is 0 Å². The summed E-state index contributed by atoms with van der Waals surface area (Å²) in [7, 11) is 1.99. The lowest BCUT2D eigenvalue weighted by molar-refractivity contribution is 0.340. The third kappa shape index (κ3) is 2.36. The molecular formula is C13H15BrN2O. The molecule has 2 rings (SSSR count). The standard InChI is InChI=1S/C13H15BrN2O/c1-4-17-11-7-5-10(6-8-11)12-13(14)16(3)9(2)15-12/h5-8H,4H2,1-3H3. The van der Waals surface area contributed by atoms with Crippen LogP contribution in [-0.4, -0.2) is 16.2 Å². The highest BCUT2D eigenvalue weighted by molar-refractivity contribution is 9.10. The lowest BCUT2D eigenvalue weighted by Crippen LogP contribution is -1.91. The Morgan fingerprint density at radius 2 is 1.94 bits per heavy atom. The molecule has 0 aliphatic carbocycles. The van der Waals surface area contributed by atoms with Crippen molar-refractivity contribution in [3.8, 4) is 17.0 Å². The summed E-state index contributed by atoms with van der Waals surface area (Å²) in [6.45, 7) is 4.65. The van der Waals surface area contributed by atoms with Gasteiger partial charge in [0, 0.05) is 12.6 Å². The van der Waals surface area contributed by atoms with Gasteiger partial charge >= 0.3 is 0 Å². The molecule has 1 aromatic carbocycles. The number of aromatic nitrogens is 2. The highest BCUT2D eigenvalue weighted by atomic mass is 79.9. The van der Waals surface area contributed by atoms with Gasteiger partial charge < -0.3 is 9.30 Å². The van der Waals surface area contributed by atoms with E-state index in [1.807, 2.05) is 49.7 Å². The summed E-state index contributed by atoms with van der Waals surface area (Å²) in [5, 5.41) is 0. The first-order chi connectivity index (χ1) is 8.13. The molecule has 4 heteroatoms. The van der Waals surface area contributed by atoms with Gasteiger partial charge in [-0.1, -0.05) is 0 Å². The predicted octanol–water partition coefficient (Wildman–Crippen LogP) is 3.56. The molecule has 0 radical (unpaired) electrons. The van der Waals surface area contributed by atoms with Crippen molar-refractivity contribution in [1.29, 1.82) is 0 Å². The molecule has 0 aliphatic heterocycles. The van der Waals surface area contributed by atoms with Crippen molar-refractivity contribution in [2.75, 3.05) is 6.61 Å². The maximum atomic E-state index is 5.42. The quantitative estimate of drug-likeness (QED) is 0.865. The van der Waals surface area contributed by atoms with Crippen LogP contribution in [0, 0.1) is 6.92 Å². The zero-order valence-corrected chi connectivity index (χ0v) is 11.8. The Kier molecular flexibility index (Phi) is 3.52. The SMILES string of the molecule is CCOc1ccc(-c2nc(C)n(C)c2Br)cc1. The first-order valence-corrected chi connectivity index (χ1v) is 6.34. The van der Waals surface area contributed by atoms with Crippen LogP contribution in [-0.2, 0) is 7.05 Å². The maximum Gasteiger partial charge on any atom is 0.119 e. The van der Waals surface area contributed by atoms with Crippen molar-refractivity contribution in [2.45, 2.75) is 13.8 Å². The highest BCUT2D eigenvalue weighted by Gasteiger charge is 2.11. The minimum atomic E-state index is 0.686. The third-order valence-corrected chi connectivity index (χ3v) is 3.60. The second-order valence-electron chi connectivity index (χ2n) is 3.81. The Hall–Kier alpha value is -1.29. The molecule has 0 fully saturated rings. The van der Waals surface area contributed by atoms with Gasteiger partial charge in [0.05, 0.1) is 6.61 Å². The number of nitrogens with zero attached hydrogens (tertiary/aromatic N) is 2. The first-order valence-electron chi connectivity index (χ1n) is 5.55. The van der Waals surface area contributed by atoms with Gasteiger partial charge in [0.15, 0.2) is 0 Å². The zero-order chi connectivity index (χ0) is 12.4. The Morgan fingerprint density at radius 3 is 2.41 bits per heavy atom. The average molecular weight is 295 g/mol. The largest absolute Gasteiger partial charge is 0.494 e. The Labute approximate surface area is 110 Å². The molecule has 0 saturated carbocycles. The van der Waals surface area contributed by atoms with Gasteiger partial charge in [-0.15, -0.1) is 0 Å². The highest BCUT2D eigenvalue weighted by Crippen LogP contribution is 2.29. The monoisotopic (exact) mass is 294 g/mol. The van der Waals surface area contributed by atoms with Crippen molar-refractivity contribution < 1.29 is 4.74 Å². The second kappa shape index (κ2) is 4.92. The average Bonchev–Trinajstić information content (AvgIpc) is 2.59. The Balaban J connectivity index is 2.36. The van der Waals surface area contributed by atoms with Crippen LogP contribution in [0.2, 0.25) is 0 Å². The summed E-state index contributed by atoms with van der Waals surface area (Å²) in [4.78, 5) is 4.53. The number of rotatable bonds is 3. The van der Waals surface area contributed by atoms with Crippen LogP contribution in [0.15, 0.2) is 28.9 Å². The molecule has 0 amide bonds. The van der Waals surface area contributed by atoms with Gasteiger partial charge in [-0.2, -0.15) is 0 Å². The summed E-state index contributed by atoms with van der Waals surface area (Å²) in [5.74, 6) is 1.88. The topological polar surface area (TPSA) is 27.1 Å². The molecule has 0 unspecified atom stereocenters. The van der Waals surface area contributed by atoms with Gasteiger partial charge in [0.2, 0.25) is 0 Å². The predicted molar refractivity (Wildman–Crippen MR) is 72.3 cm³/mol. The van der Waals surface area contributed by atoms with E-state index in [0.29, 0.717) is 6.61 Å². The van der Waals surface area contributed by atoms with E-state index < -0.39 is 0 Å². The molecule has 0 aliphatic rings. The molecule has 90 valence electrons. The van der Waals surface area contributed by atoms with E-state index >= 15 is 0 Å². The number of hydrogen-bond donors (Lipinski definition) is 0. The van der Waals surface area contributed by atoms with Gasteiger partial charge in [-0.25, -0.2) is 4.98 Å². The molecule has 0 bridgehead atoms. The maximum absolute atomic E-state index is 5.42. The molecule has 17 heavy (non-hydrogen) atoms. The van der Waals surface area contributed by atoms with E-state index in [9.17, 15) is 0 Å². The smallest absolute Gasteiger partial charge is 0.119 e. The number of halogens is 1. The van der Waals surface area contributed by atoms with Crippen LogP contribution in [0.1, 0.15) is 12.7 Å². The molecule has 3 nitrogen and oxygen atoms in total. The third-order valence-electron chi connectivity index (χ3n) is 2.69. The van der Waals surface area contributed by atoms with Crippen LogP contribution >= 0.6 is 15.9 Å². The molecule has 0 atom stereocenters. The zero-order valence-electron chi connectivity index (χ0n) is 10.2. The molecule has 0 N–H and O–H groups in total. The normalized spacial score (nSPS) is 10.6. The molecule has 0 spiro atoms. The Bertz CT molecular complexity index is 517. The summed E-state index contributed by atoms with van der Waals surface area (Å²) in [6.07, 6.45) is 0. The van der Waals surface area contributed by atoms with Crippen molar-refractivity contribution in [1.82, 2.24) is 9.55 Å². The van der Waals surface area contributed by atoms with Gasteiger partial charge in [-0.05, 0) is 54.0 Å². The number of aryl methyl sites for hydroxylation is 1. The molecule has 1 aromatic heterocycles. The van der Waals surface area contributed by atoms with Crippen molar-refractivity contribution in [3.63, 3.8) is 0 Å². The number of imidazole rings is 1. The summed E-state index contributed by atoms with van der Waals surface area (Å²) < 4.78 is 8.44. The lowest BCUT2D eigenvalue weighted by atomic mass is 10.2. The lowest BCUT2D eigenvalue weighted by Gasteiger charge is -2.04. The molecule has 2 aromatic rings. The van der Waals surface area contributed by atoms with E-state index in [4.69, 9.17) is 4.74 Å². The van der Waals surface area contributed by atoms with Gasteiger partial charge in [0.1, 0.15) is 21.9 Å². The van der Waals surface area contributed by atoms with Crippen molar-refractivity contribution >= 4 is 15.9 Å². The van der Waals surface area contributed by atoms with Crippen LogP contribution in [0.25, 0.3) is 11.3 Å². The van der Waals surface area contributed by atoms with E-state index in [1.54, 1.807) is 0 Å². The fourth-order valence-electron chi connectivity index (χ4n) is 1.64.